The van der Waals surface area contributed by atoms with Crippen LogP contribution in [0.5, 0.6) is 0 Å². The lowest BCUT2D eigenvalue weighted by Crippen LogP contribution is -2.19. The monoisotopic (exact) mass is 208 g/mol. The van der Waals surface area contributed by atoms with E-state index in [1.54, 1.807) is 0 Å². The van der Waals surface area contributed by atoms with Gasteiger partial charge < -0.3 is 5.11 Å². The molecule has 0 aromatic rings. The van der Waals surface area contributed by atoms with Gasteiger partial charge >= 0.3 is 0 Å². The van der Waals surface area contributed by atoms with Crippen LogP contribution in [-0.4, -0.2) is 31.6 Å². The van der Waals surface area contributed by atoms with Crippen molar-refractivity contribution in [1.29, 1.82) is 0 Å². The molecule has 0 rings (SSSR count). The predicted octanol–water partition coefficient (Wildman–Crippen LogP) is 1.22. The van der Waals surface area contributed by atoms with E-state index in [2.05, 4.69) is 13.8 Å². The number of aliphatic hydroxyl groups excluding tert-OH is 1. The molecule has 1 atom stereocenters. The molecule has 0 aliphatic heterocycles. The van der Waals surface area contributed by atoms with Gasteiger partial charge in [0, 0.05) is 6.26 Å². The molecule has 0 amide bonds. The average molecular weight is 208 g/mol. The minimum Gasteiger partial charge on any atom is -0.392 e. The molecular formula is C9H20O3S. The zero-order valence-corrected chi connectivity index (χ0v) is 9.47. The third-order valence-corrected chi connectivity index (χ3v) is 2.80. The van der Waals surface area contributed by atoms with Gasteiger partial charge in [0.05, 0.1) is 11.9 Å². The molecule has 0 radical (unpaired) electrons. The van der Waals surface area contributed by atoms with Crippen LogP contribution in [0.15, 0.2) is 0 Å². The Morgan fingerprint density at radius 2 is 1.77 bits per heavy atom. The number of hydrogen-bond acceptors (Lipinski definition) is 3. The smallest absolute Gasteiger partial charge is 0.149 e. The summed E-state index contributed by atoms with van der Waals surface area (Å²) in [5, 5.41) is 9.32. The Kier molecular flexibility index (Phi) is 5.56. The lowest BCUT2D eigenvalue weighted by molar-refractivity contribution is 0.181. The largest absolute Gasteiger partial charge is 0.392 e. The van der Waals surface area contributed by atoms with Crippen molar-refractivity contribution in [2.75, 3.05) is 12.0 Å². The second-order valence-corrected chi connectivity index (χ2v) is 6.26. The summed E-state index contributed by atoms with van der Waals surface area (Å²) in [4.78, 5) is 0. The number of aliphatic hydroxyl groups is 1. The highest BCUT2D eigenvalue weighted by Crippen LogP contribution is 2.09. The summed E-state index contributed by atoms with van der Waals surface area (Å²) in [5.74, 6) is 0.510. The van der Waals surface area contributed by atoms with Crippen molar-refractivity contribution in [3.8, 4) is 0 Å². The maximum atomic E-state index is 10.8. The molecule has 0 aliphatic carbocycles. The van der Waals surface area contributed by atoms with E-state index >= 15 is 0 Å². The molecule has 80 valence electrons. The van der Waals surface area contributed by atoms with Crippen molar-refractivity contribution >= 4 is 9.84 Å². The first-order valence-corrected chi connectivity index (χ1v) is 6.73. The van der Waals surface area contributed by atoms with Crippen LogP contribution in [0, 0.1) is 5.92 Å². The fourth-order valence-electron chi connectivity index (χ4n) is 1.19. The van der Waals surface area contributed by atoms with Crippen molar-refractivity contribution in [3.63, 3.8) is 0 Å². The van der Waals surface area contributed by atoms with Crippen molar-refractivity contribution < 1.29 is 13.5 Å². The average Bonchev–Trinajstić information content (AvgIpc) is 1.81. The molecule has 0 heterocycles. The summed E-state index contributed by atoms with van der Waals surface area (Å²) in [6.07, 6.45) is 2.99. The van der Waals surface area contributed by atoms with Gasteiger partial charge in [-0.3, -0.25) is 0 Å². The minimum absolute atomic E-state index is 0.106. The van der Waals surface area contributed by atoms with Crippen LogP contribution in [0.2, 0.25) is 0 Å². The molecule has 0 spiro atoms. The van der Waals surface area contributed by atoms with Crippen molar-refractivity contribution in [3.05, 3.63) is 0 Å². The Labute approximate surface area is 81.1 Å². The van der Waals surface area contributed by atoms with Gasteiger partial charge in [0.15, 0.2) is 0 Å². The van der Waals surface area contributed by atoms with Gasteiger partial charge in [-0.1, -0.05) is 26.7 Å². The fraction of sp³-hybridized carbons (Fsp3) is 1.00. The molecule has 0 saturated heterocycles. The second kappa shape index (κ2) is 5.60. The highest BCUT2D eigenvalue weighted by Gasteiger charge is 2.11. The zero-order chi connectivity index (χ0) is 10.5. The van der Waals surface area contributed by atoms with Crippen LogP contribution < -0.4 is 0 Å². The van der Waals surface area contributed by atoms with Crippen LogP contribution >= 0.6 is 0 Å². The molecule has 1 N–H and O–H groups in total. The quantitative estimate of drug-likeness (QED) is 0.714. The van der Waals surface area contributed by atoms with E-state index in [9.17, 15) is 13.5 Å². The summed E-state index contributed by atoms with van der Waals surface area (Å²) < 4.78 is 21.6. The molecule has 0 aliphatic rings. The zero-order valence-electron chi connectivity index (χ0n) is 8.66. The van der Waals surface area contributed by atoms with E-state index < -0.39 is 15.9 Å². The van der Waals surface area contributed by atoms with E-state index in [-0.39, 0.29) is 5.75 Å². The highest BCUT2D eigenvalue weighted by molar-refractivity contribution is 7.90. The summed E-state index contributed by atoms with van der Waals surface area (Å²) in [6, 6.07) is 0. The van der Waals surface area contributed by atoms with Crippen LogP contribution in [0.1, 0.15) is 33.1 Å². The molecule has 13 heavy (non-hydrogen) atoms. The Hall–Kier alpha value is -0.0900. The van der Waals surface area contributed by atoms with Gasteiger partial charge in [-0.2, -0.15) is 0 Å². The number of sulfone groups is 1. The van der Waals surface area contributed by atoms with Crippen molar-refractivity contribution in [2.45, 2.75) is 39.2 Å². The molecule has 3 nitrogen and oxygen atoms in total. The fourth-order valence-corrected chi connectivity index (χ4v) is 2.06. The first kappa shape index (κ1) is 12.9. The third kappa shape index (κ3) is 9.83. The van der Waals surface area contributed by atoms with Gasteiger partial charge in [0.2, 0.25) is 0 Å². The molecule has 4 heteroatoms. The van der Waals surface area contributed by atoms with Crippen LogP contribution in [0.4, 0.5) is 0 Å². The van der Waals surface area contributed by atoms with Gasteiger partial charge in [0.1, 0.15) is 9.84 Å². The van der Waals surface area contributed by atoms with E-state index in [0.29, 0.717) is 12.3 Å². The normalized spacial score (nSPS) is 14.8. The van der Waals surface area contributed by atoms with Gasteiger partial charge in [-0.05, 0) is 12.3 Å². The van der Waals surface area contributed by atoms with Crippen LogP contribution in [0.25, 0.3) is 0 Å². The molecule has 0 bridgehead atoms. The van der Waals surface area contributed by atoms with E-state index in [4.69, 9.17) is 0 Å². The summed E-state index contributed by atoms with van der Waals surface area (Å²) in [6.45, 7) is 4.23. The molecule has 0 saturated carbocycles. The van der Waals surface area contributed by atoms with E-state index in [1.807, 2.05) is 0 Å². The maximum Gasteiger partial charge on any atom is 0.149 e. The summed E-state index contributed by atoms with van der Waals surface area (Å²) in [7, 11) is -3.02. The summed E-state index contributed by atoms with van der Waals surface area (Å²) >= 11 is 0. The van der Waals surface area contributed by atoms with Crippen LogP contribution in [-0.2, 0) is 9.84 Å². The third-order valence-electron chi connectivity index (χ3n) is 1.81. The Balaban J connectivity index is 3.58. The molecule has 0 aromatic carbocycles. The van der Waals surface area contributed by atoms with Gasteiger partial charge in [0.25, 0.3) is 0 Å². The Bertz CT molecular complexity index is 219. The lowest BCUT2D eigenvalue weighted by Gasteiger charge is -2.09. The Morgan fingerprint density at radius 3 is 2.15 bits per heavy atom. The van der Waals surface area contributed by atoms with Crippen molar-refractivity contribution in [2.24, 2.45) is 5.92 Å². The van der Waals surface area contributed by atoms with Gasteiger partial charge in [-0.15, -0.1) is 0 Å². The van der Waals surface area contributed by atoms with Crippen LogP contribution in [0.3, 0.4) is 0 Å². The van der Waals surface area contributed by atoms with Gasteiger partial charge in [-0.25, -0.2) is 8.42 Å². The minimum atomic E-state index is -3.02. The molecule has 0 aromatic heterocycles. The number of hydrogen-bond donors (Lipinski definition) is 1. The Morgan fingerprint density at radius 1 is 1.23 bits per heavy atom. The predicted molar refractivity (Wildman–Crippen MR) is 54.4 cm³/mol. The topological polar surface area (TPSA) is 54.4 Å². The SMILES string of the molecule is CC(C)CCCC(O)CS(C)(=O)=O. The first-order valence-electron chi connectivity index (χ1n) is 4.67. The highest BCUT2D eigenvalue weighted by atomic mass is 32.2. The lowest BCUT2D eigenvalue weighted by atomic mass is 10.1. The standard InChI is InChI=1S/C9H20O3S/c1-8(2)5-4-6-9(10)7-13(3,11)12/h8-10H,4-7H2,1-3H3. The molecular weight excluding hydrogens is 188 g/mol. The summed E-state index contributed by atoms with van der Waals surface area (Å²) in [5.41, 5.74) is 0. The van der Waals surface area contributed by atoms with E-state index in [0.717, 1.165) is 19.1 Å². The second-order valence-electron chi connectivity index (χ2n) is 4.07. The van der Waals surface area contributed by atoms with Crippen molar-refractivity contribution in [1.82, 2.24) is 0 Å². The van der Waals surface area contributed by atoms with E-state index in [1.165, 1.54) is 0 Å². The maximum absolute atomic E-state index is 10.8. The first-order chi connectivity index (χ1) is 5.81. The molecule has 0 fully saturated rings. The number of rotatable bonds is 6. The molecule has 1 unspecified atom stereocenters.